The van der Waals surface area contributed by atoms with Gasteiger partial charge < -0.3 is 4.90 Å². The van der Waals surface area contributed by atoms with E-state index in [1.807, 2.05) is 4.90 Å². The summed E-state index contributed by atoms with van der Waals surface area (Å²) in [6.45, 7) is 1.47. The number of carbonyl (C=O) groups excluding carboxylic acids is 1. The molecular formula is C12H15N5OS. The van der Waals surface area contributed by atoms with Crippen LogP contribution in [0.5, 0.6) is 0 Å². The zero-order valence-corrected chi connectivity index (χ0v) is 11.3. The number of nitrogens with one attached hydrogen (secondary N) is 1. The number of nitrogens with zero attached hydrogens (tertiary/aromatic N) is 4. The van der Waals surface area contributed by atoms with Crippen LogP contribution in [0.25, 0.3) is 5.65 Å². The van der Waals surface area contributed by atoms with Crippen molar-refractivity contribution in [3.05, 3.63) is 30.2 Å². The van der Waals surface area contributed by atoms with Crippen molar-refractivity contribution in [2.24, 2.45) is 0 Å². The third kappa shape index (κ3) is 2.31. The van der Waals surface area contributed by atoms with E-state index in [0.717, 1.165) is 25.9 Å². The number of thiol groups is 1. The standard InChI is InChI=1S/C12H15N5OS/c18-12(16-6-2-9(15-19)3-7-16)10-8-14-17-5-1-4-13-11(10)17/h1,4-5,8-9,15,19H,2-3,6-7H2. The van der Waals surface area contributed by atoms with E-state index in [1.165, 1.54) is 0 Å². The Hall–Kier alpha value is -1.60. The Morgan fingerprint density at radius 1 is 1.42 bits per heavy atom. The van der Waals surface area contributed by atoms with Crippen molar-refractivity contribution < 1.29 is 4.79 Å². The Labute approximate surface area is 116 Å². The fourth-order valence-electron chi connectivity index (χ4n) is 2.36. The first-order valence-corrected chi connectivity index (χ1v) is 6.71. The maximum Gasteiger partial charge on any atom is 0.259 e. The third-order valence-corrected chi connectivity index (χ3v) is 3.84. The van der Waals surface area contributed by atoms with Gasteiger partial charge in [-0.05, 0) is 18.9 Å². The van der Waals surface area contributed by atoms with Crippen LogP contribution in [0.1, 0.15) is 23.2 Å². The maximum absolute atomic E-state index is 12.5. The number of carbonyl (C=O) groups is 1. The van der Waals surface area contributed by atoms with Gasteiger partial charge in [-0.3, -0.25) is 9.52 Å². The van der Waals surface area contributed by atoms with Crippen LogP contribution in [0.15, 0.2) is 24.7 Å². The quantitative estimate of drug-likeness (QED) is 0.796. The second kappa shape index (κ2) is 5.18. The predicted octanol–water partition coefficient (Wildman–Crippen LogP) is 0.768. The van der Waals surface area contributed by atoms with Gasteiger partial charge in [-0.15, -0.1) is 0 Å². The van der Waals surface area contributed by atoms with Crippen LogP contribution in [0.4, 0.5) is 0 Å². The van der Waals surface area contributed by atoms with Gasteiger partial charge in [0.2, 0.25) is 0 Å². The molecule has 0 atom stereocenters. The van der Waals surface area contributed by atoms with Crippen LogP contribution in [-0.2, 0) is 0 Å². The number of rotatable bonds is 2. The molecule has 100 valence electrons. The van der Waals surface area contributed by atoms with Crippen molar-refractivity contribution in [1.29, 1.82) is 0 Å². The molecule has 6 nitrogen and oxygen atoms in total. The summed E-state index contributed by atoms with van der Waals surface area (Å²) in [5.41, 5.74) is 1.18. The van der Waals surface area contributed by atoms with Crippen LogP contribution >= 0.6 is 12.8 Å². The minimum absolute atomic E-state index is 0.00585. The van der Waals surface area contributed by atoms with E-state index in [4.69, 9.17) is 0 Å². The van der Waals surface area contributed by atoms with E-state index < -0.39 is 0 Å². The molecule has 1 N–H and O–H groups in total. The average Bonchev–Trinajstić information content (AvgIpc) is 2.90. The zero-order valence-electron chi connectivity index (χ0n) is 10.4. The molecule has 1 aliphatic heterocycles. The molecule has 0 unspecified atom stereocenters. The fourth-order valence-corrected chi connectivity index (χ4v) is 2.62. The first kappa shape index (κ1) is 12.4. The highest BCUT2D eigenvalue weighted by Gasteiger charge is 2.25. The SMILES string of the molecule is O=C(c1cnn2cccnc12)N1CCC(NS)CC1. The van der Waals surface area contributed by atoms with Crippen LogP contribution in [-0.4, -0.2) is 44.5 Å². The Balaban J connectivity index is 1.81. The van der Waals surface area contributed by atoms with Crippen molar-refractivity contribution in [3.63, 3.8) is 0 Å². The Morgan fingerprint density at radius 2 is 2.21 bits per heavy atom. The van der Waals surface area contributed by atoms with E-state index in [2.05, 4.69) is 27.6 Å². The molecule has 3 heterocycles. The van der Waals surface area contributed by atoms with Gasteiger partial charge in [0.25, 0.3) is 5.91 Å². The number of likely N-dealkylation sites (tertiary alicyclic amines) is 1. The summed E-state index contributed by atoms with van der Waals surface area (Å²) in [5.74, 6) is 0.00585. The first-order valence-electron chi connectivity index (χ1n) is 6.27. The monoisotopic (exact) mass is 277 g/mol. The Bertz CT molecular complexity index is 591. The summed E-state index contributed by atoms with van der Waals surface area (Å²) >= 11 is 4.08. The Kier molecular flexibility index (Phi) is 3.39. The number of piperidine rings is 1. The summed E-state index contributed by atoms with van der Waals surface area (Å²) in [6.07, 6.45) is 6.89. The molecule has 1 aliphatic rings. The molecule has 2 aromatic heterocycles. The lowest BCUT2D eigenvalue weighted by Crippen LogP contribution is -2.42. The van der Waals surface area contributed by atoms with Crippen molar-refractivity contribution in [3.8, 4) is 0 Å². The molecule has 0 bridgehead atoms. The number of amides is 1. The number of hydrogen-bond acceptors (Lipinski definition) is 5. The van der Waals surface area contributed by atoms with Gasteiger partial charge in [0.05, 0.1) is 6.20 Å². The van der Waals surface area contributed by atoms with Gasteiger partial charge >= 0.3 is 0 Å². The molecule has 2 aromatic rings. The van der Waals surface area contributed by atoms with Crippen molar-refractivity contribution in [2.45, 2.75) is 18.9 Å². The molecule has 1 amide bonds. The predicted molar refractivity (Wildman–Crippen MR) is 74.0 cm³/mol. The van der Waals surface area contributed by atoms with E-state index in [9.17, 15) is 4.79 Å². The van der Waals surface area contributed by atoms with Crippen molar-refractivity contribution in [1.82, 2.24) is 24.2 Å². The van der Waals surface area contributed by atoms with Gasteiger partial charge in [0.15, 0.2) is 5.65 Å². The second-order valence-corrected chi connectivity index (χ2v) is 4.90. The first-order chi connectivity index (χ1) is 9.29. The molecule has 0 aliphatic carbocycles. The normalized spacial score (nSPS) is 17.0. The van der Waals surface area contributed by atoms with Crippen molar-refractivity contribution in [2.75, 3.05) is 13.1 Å². The van der Waals surface area contributed by atoms with E-state index in [1.54, 1.807) is 29.2 Å². The number of fused-ring (bicyclic) bond motifs is 1. The van der Waals surface area contributed by atoms with Crippen LogP contribution < -0.4 is 4.72 Å². The lowest BCUT2D eigenvalue weighted by atomic mass is 10.1. The van der Waals surface area contributed by atoms with E-state index in [-0.39, 0.29) is 5.91 Å². The summed E-state index contributed by atoms with van der Waals surface area (Å²) in [5, 5.41) is 4.15. The smallest absolute Gasteiger partial charge is 0.259 e. The molecule has 0 saturated carbocycles. The van der Waals surface area contributed by atoms with Gasteiger partial charge in [-0.1, -0.05) is 12.8 Å². The molecule has 0 spiro atoms. The number of aromatic nitrogens is 3. The van der Waals surface area contributed by atoms with Gasteiger partial charge in [-0.2, -0.15) is 5.10 Å². The third-order valence-electron chi connectivity index (χ3n) is 3.47. The lowest BCUT2D eigenvalue weighted by molar-refractivity contribution is 0.0713. The average molecular weight is 277 g/mol. The number of hydrogen-bond donors (Lipinski definition) is 2. The molecule has 1 fully saturated rings. The maximum atomic E-state index is 12.5. The second-order valence-electron chi connectivity index (χ2n) is 4.64. The molecular weight excluding hydrogens is 262 g/mol. The fraction of sp³-hybridized carbons (Fsp3) is 0.417. The van der Waals surface area contributed by atoms with E-state index >= 15 is 0 Å². The summed E-state index contributed by atoms with van der Waals surface area (Å²) < 4.78 is 4.58. The zero-order chi connectivity index (χ0) is 13.2. The molecule has 19 heavy (non-hydrogen) atoms. The molecule has 0 radical (unpaired) electrons. The molecule has 1 saturated heterocycles. The lowest BCUT2D eigenvalue weighted by Gasteiger charge is -2.31. The van der Waals surface area contributed by atoms with Crippen LogP contribution in [0.2, 0.25) is 0 Å². The van der Waals surface area contributed by atoms with E-state index in [0.29, 0.717) is 17.3 Å². The summed E-state index contributed by atoms with van der Waals surface area (Å²) in [7, 11) is 0. The molecule has 0 aromatic carbocycles. The van der Waals surface area contributed by atoms with Gasteiger partial charge in [0, 0.05) is 31.5 Å². The highest BCUT2D eigenvalue weighted by Crippen LogP contribution is 2.16. The summed E-state index contributed by atoms with van der Waals surface area (Å²) in [4.78, 5) is 18.5. The highest BCUT2D eigenvalue weighted by molar-refractivity contribution is 7.78. The van der Waals surface area contributed by atoms with Gasteiger partial charge in [-0.25, -0.2) is 9.50 Å². The summed E-state index contributed by atoms with van der Waals surface area (Å²) in [6, 6.07) is 2.17. The van der Waals surface area contributed by atoms with Crippen LogP contribution in [0.3, 0.4) is 0 Å². The highest BCUT2D eigenvalue weighted by atomic mass is 32.1. The minimum Gasteiger partial charge on any atom is -0.338 e. The largest absolute Gasteiger partial charge is 0.338 e. The van der Waals surface area contributed by atoms with Gasteiger partial charge in [0.1, 0.15) is 5.56 Å². The van der Waals surface area contributed by atoms with Crippen molar-refractivity contribution >= 4 is 24.4 Å². The molecule has 7 heteroatoms. The minimum atomic E-state index is 0.00585. The Morgan fingerprint density at radius 3 is 2.95 bits per heavy atom. The molecule has 3 rings (SSSR count). The van der Waals surface area contributed by atoms with Crippen LogP contribution in [0, 0.1) is 0 Å². The topological polar surface area (TPSA) is 62.5 Å².